The minimum atomic E-state index is -0.784. The molecule has 0 saturated heterocycles. The van der Waals surface area contributed by atoms with Crippen molar-refractivity contribution in [3.63, 3.8) is 0 Å². The van der Waals surface area contributed by atoms with Crippen molar-refractivity contribution in [1.82, 2.24) is 9.55 Å². The number of aliphatic hydroxyl groups excluding tert-OH is 1. The van der Waals surface area contributed by atoms with Crippen LogP contribution in [0.15, 0.2) is 35.1 Å². The number of benzene rings is 1. The predicted octanol–water partition coefficient (Wildman–Crippen LogP) is 2.92. The van der Waals surface area contributed by atoms with Gasteiger partial charge in [0.05, 0.1) is 0 Å². The van der Waals surface area contributed by atoms with Crippen molar-refractivity contribution in [1.29, 1.82) is 0 Å². The van der Waals surface area contributed by atoms with Crippen molar-refractivity contribution in [2.45, 2.75) is 6.10 Å². The van der Waals surface area contributed by atoms with E-state index in [1.807, 2.05) is 13.1 Å². The Morgan fingerprint density at radius 3 is 2.88 bits per heavy atom. The average Bonchev–Trinajstić information content (AvgIpc) is 2.67. The first-order valence-electron chi connectivity index (χ1n) is 4.70. The molecule has 1 atom stereocenters. The largest absolute Gasteiger partial charge is 0.380 e. The fraction of sp³-hybridized carbons (Fsp3) is 0.182. The van der Waals surface area contributed by atoms with Gasteiger partial charge in [-0.3, -0.25) is 0 Å². The van der Waals surface area contributed by atoms with Gasteiger partial charge in [-0.25, -0.2) is 4.98 Å². The number of aromatic nitrogens is 2. The van der Waals surface area contributed by atoms with Crippen molar-refractivity contribution in [3.8, 4) is 0 Å². The van der Waals surface area contributed by atoms with Gasteiger partial charge < -0.3 is 9.67 Å². The molecule has 5 heteroatoms. The number of rotatable bonds is 2. The number of halogens is 2. The Morgan fingerprint density at radius 2 is 2.25 bits per heavy atom. The summed E-state index contributed by atoms with van der Waals surface area (Å²) >= 11 is 9.29. The summed E-state index contributed by atoms with van der Waals surface area (Å²) in [6.45, 7) is 0. The Bertz CT molecular complexity index is 512. The molecular formula is C11H10BrClN2O. The highest BCUT2D eigenvalue weighted by Crippen LogP contribution is 2.29. The molecular weight excluding hydrogens is 291 g/mol. The van der Waals surface area contributed by atoms with E-state index in [0.717, 1.165) is 4.47 Å². The molecule has 0 radical (unpaired) electrons. The van der Waals surface area contributed by atoms with Gasteiger partial charge in [-0.15, -0.1) is 0 Å². The number of hydrogen-bond donors (Lipinski definition) is 1. The quantitative estimate of drug-likeness (QED) is 0.926. The lowest BCUT2D eigenvalue weighted by Gasteiger charge is -2.13. The second-order valence-electron chi connectivity index (χ2n) is 3.46. The van der Waals surface area contributed by atoms with Crippen LogP contribution in [0.2, 0.25) is 5.02 Å². The van der Waals surface area contributed by atoms with E-state index in [0.29, 0.717) is 16.4 Å². The summed E-state index contributed by atoms with van der Waals surface area (Å²) in [5.41, 5.74) is 0.710. The van der Waals surface area contributed by atoms with Gasteiger partial charge >= 0.3 is 0 Å². The molecule has 16 heavy (non-hydrogen) atoms. The van der Waals surface area contributed by atoms with Crippen LogP contribution in [0.3, 0.4) is 0 Å². The van der Waals surface area contributed by atoms with Crippen molar-refractivity contribution in [2.75, 3.05) is 0 Å². The van der Waals surface area contributed by atoms with E-state index in [-0.39, 0.29) is 0 Å². The minimum absolute atomic E-state index is 0.586. The maximum Gasteiger partial charge on any atom is 0.142 e. The van der Waals surface area contributed by atoms with E-state index < -0.39 is 6.10 Å². The summed E-state index contributed by atoms with van der Waals surface area (Å²) < 4.78 is 2.59. The van der Waals surface area contributed by atoms with Crippen molar-refractivity contribution in [3.05, 3.63) is 51.5 Å². The number of nitrogens with zero attached hydrogens (tertiary/aromatic N) is 2. The Morgan fingerprint density at radius 1 is 1.50 bits per heavy atom. The fourth-order valence-electron chi connectivity index (χ4n) is 1.50. The molecule has 1 unspecified atom stereocenters. The molecule has 1 aromatic carbocycles. The van der Waals surface area contributed by atoms with E-state index in [9.17, 15) is 5.11 Å². The topological polar surface area (TPSA) is 38.0 Å². The zero-order valence-corrected chi connectivity index (χ0v) is 10.9. The molecule has 0 saturated carbocycles. The highest BCUT2D eigenvalue weighted by Gasteiger charge is 2.17. The lowest BCUT2D eigenvalue weighted by molar-refractivity contribution is 0.205. The van der Waals surface area contributed by atoms with Crippen molar-refractivity contribution >= 4 is 27.5 Å². The van der Waals surface area contributed by atoms with Gasteiger partial charge in [0.1, 0.15) is 11.9 Å². The zero-order chi connectivity index (χ0) is 11.7. The summed E-state index contributed by atoms with van der Waals surface area (Å²) in [6, 6.07) is 5.30. The van der Waals surface area contributed by atoms with Crippen LogP contribution in [-0.4, -0.2) is 14.7 Å². The molecule has 0 bridgehead atoms. The molecule has 3 nitrogen and oxygen atoms in total. The van der Waals surface area contributed by atoms with E-state index in [1.165, 1.54) is 0 Å². The molecule has 0 aliphatic heterocycles. The van der Waals surface area contributed by atoms with E-state index in [1.54, 1.807) is 29.1 Å². The third kappa shape index (κ3) is 2.14. The molecule has 1 N–H and O–H groups in total. The number of aryl methyl sites for hydroxylation is 1. The minimum Gasteiger partial charge on any atom is -0.380 e. The molecule has 0 aliphatic carbocycles. The first kappa shape index (κ1) is 11.6. The van der Waals surface area contributed by atoms with Gasteiger partial charge in [-0.2, -0.15) is 0 Å². The van der Waals surface area contributed by atoms with Crippen LogP contribution in [0.4, 0.5) is 0 Å². The molecule has 0 fully saturated rings. The van der Waals surface area contributed by atoms with Crippen molar-refractivity contribution in [2.24, 2.45) is 7.05 Å². The maximum atomic E-state index is 10.2. The monoisotopic (exact) mass is 300 g/mol. The summed E-state index contributed by atoms with van der Waals surface area (Å²) in [6.07, 6.45) is 2.65. The Kier molecular flexibility index (Phi) is 3.33. The van der Waals surface area contributed by atoms with Crippen LogP contribution in [0.5, 0.6) is 0 Å². The predicted molar refractivity (Wildman–Crippen MR) is 66.4 cm³/mol. The van der Waals surface area contributed by atoms with Crippen molar-refractivity contribution < 1.29 is 5.11 Å². The van der Waals surface area contributed by atoms with Gasteiger partial charge in [0, 0.05) is 34.5 Å². The van der Waals surface area contributed by atoms with E-state index in [2.05, 4.69) is 20.9 Å². The average molecular weight is 302 g/mol. The standard InChI is InChI=1S/C11H10BrClN2O/c1-15-5-4-14-11(15)10(16)8-6-7(13)2-3-9(8)12/h2-6,10,16H,1H3. The fourth-order valence-corrected chi connectivity index (χ4v) is 2.15. The van der Waals surface area contributed by atoms with Crippen LogP contribution >= 0.6 is 27.5 Å². The molecule has 0 spiro atoms. The highest BCUT2D eigenvalue weighted by atomic mass is 79.9. The summed E-state index contributed by atoms with van der Waals surface area (Å²) in [5, 5.41) is 10.8. The molecule has 0 amide bonds. The molecule has 1 aromatic heterocycles. The van der Waals surface area contributed by atoms with Crippen LogP contribution in [0, 0.1) is 0 Å². The summed E-state index contributed by atoms with van der Waals surface area (Å²) in [7, 11) is 1.84. The van der Waals surface area contributed by atoms with E-state index in [4.69, 9.17) is 11.6 Å². The van der Waals surface area contributed by atoms with Gasteiger partial charge in [-0.05, 0) is 18.2 Å². The zero-order valence-electron chi connectivity index (χ0n) is 8.56. The molecule has 2 rings (SSSR count). The number of imidazole rings is 1. The van der Waals surface area contributed by atoms with Gasteiger partial charge in [0.15, 0.2) is 0 Å². The highest BCUT2D eigenvalue weighted by molar-refractivity contribution is 9.10. The van der Waals surface area contributed by atoms with E-state index >= 15 is 0 Å². The second kappa shape index (κ2) is 4.57. The first-order chi connectivity index (χ1) is 7.59. The number of aliphatic hydroxyl groups is 1. The normalized spacial score (nSPS) is 12.8. The van der Waals surface area contributed by atoms with Gasteiger partial charge in [0.25, 0.3) is 0 Å². The molecule has 0 aliphatic rings. The third-order valence-electron chi connectivity index (χ3n) is 2.36. The van der Waals surface area contributed by atoms with Crippen LogP contribution in [-0.2, 0) is 7.05 Å². The summed E-state index contributed by atoms with van der Waals surface area (Å²) in [4.78, 5) is 4.11. The Labute approximate surface area is 107 Å². The third-order valence-corrected chi connectivity index (χ3v) is 3.31. The second-order valence-corrected chi connectivity index (χ2v) is 4.76. The smallest absolute Gasteiger partial charge is 0.142 e. The Balaban J connectivity index is 2.45. The molecule has 84 valence electrons. The summed E-state index contributed by atoms with van der Waals surface area (Å²) in [5.74, 6) is 0.586. The SMILES string of the molecule is Cn1ccnc1C(O)c1cc(Cl)ccc1Br. The molecule has 1 heterocycles. The van der Waals surface area contributed by atoms with Crippen LogP contribution in [0.25, 0.3) is 0 Å². The van der Waals surface area contributed by atoms with Gasteiger partial charge in [-0.1, -0.05) is 27.5 Å². The molecule has 2 aromatic rings. The maximum absolute atomic E-state index is 10.2. The number of hydrogen-bond acceptors (Lipinski definition) is 2. The van der Waals surface area contributed by atoms with Crippen LogP contribution in [0.1, 0.15) is 17.5 Å². The first-order valence-corrected chi connectivity index (χ1v) is 5.87. The van der Waals surface area contributed by atoms with Crippen LogP contribution < -0.4 is 0 Å². The lowest BCUT2D eigenvalue weighted by atomic mass is 10.1. The van der Waals surface area contributed by atoms with Gasteiger partial charge in [0.2, 0.25) is 0 Å². The lowest BCUT2D eigenvalue weighted by Crippen LogP contribution is -2.07. The Hall–Kier alpha value is -0.840.